The fourth-order valence-corrected chi connectivity index (χ4v) is 3.39. The summed E-state index contributed by atoms with van der Waals surface area (Å²) in [6, 6.07) is 0. The molecule has 2 heterocycles. The molecule has 1 aromatic heterocycles. The Labute approximate surface area is 137 Å². The number of thiazole rings is 1. The smallest absolute Gasteiger partial charge is 0.265 e. The van der Waals surface area contributed by atoms with Gasteiger partial charge < -0.3 is 10.2 Å². The van der Waals surface area contributed by atoms with E-state index in [1.54, 1.807) is 0 Å². The molecule has 0 atom stereocenters. The molecule has 0 unspecified atom stereocenters. The Hall–Kier alpha value is -0.360. The summed E-state index contributed by atoms with van der Waals surface area (Å²) in [4.78, 5) is 19.5. The molecule has 0 saturated carbocycles. The molecule has 1 saturated heterocycles. The second-order valence-corrected chi connectivity index (χ2v) is 6.14. The molecule has 1 fully saturated rings. The van der Waals surface area contributed by atoms with Gasteiger partial charge in [-0.05, 0) is 46.2 Å². The van der Waals surface area contributed by atoms with Crippen LogP contribution in [0.2, 0.25) is 0 Å². The topological polar surface area (TPSA) is 45.2 Å². The molecule has 0 radical (unpaired) electrons. The summed E-state index contributed by atoms with van der Waals surface area (Å²) in [5.74, 6) is 0.879. The minimum atomic E-state index is 0. The number of carbonyl (C=O) groups excluding carboxylic acids is 1. The number of aryl methyl sites for hydroxylation is 2. The number of nitrogens with zero attached hydrogens (tertiary/aromatic N) is 2. The van der Waals surface area contributed by atoms with Crippen LogP contribution < -0.4 is 5.32 Å². The predicted octanol–water partition coefficient (Wildman–Crippen LogP) is 2.68. The highest BCUT2D eigenvalue weighted by molar-refractivity contribution is 7.13. The van der Waals surface area contributed by atoms with E-state index in [1.807, 2.05) is 25.8 Å². The third-order valence-corrected chi connectivity index (χ3v) is 4.55. The van der Waals surface area contributed by atoms with Gasteiger partial charge in [-0.1, -0.05) is 0 Å². The van der Waals surface area contributed by atoms with Crippen LogP contribution >= 0.6 is 36.2 Å². The molecule has 0 aliphatic carbocycles. The Kier molecular flexibility index (Phi) is 8.66. The molecule has 7 heteroatoms. The van der Waals surface area contributed by atoms with E-state index in [-0.39, 0.29) is 30.7 Å². The Morgan fingerprint density at radius 1 is 1.35 bits per heavy atom. The van der Waals surface area contributed by atoms with E-state index in [2.05, 4.69) is 10.3 Å². The fraction of sp³-hybridized carbons (Fsp3) is 0.692. The maximum Gasteiger partial charge on any atom is 0.265 e. The Bertz CT molecular complexity index is 431. The number of carbonyl (C=O) groups is 1. The molecule has 0 bridgehead atoms. The van der Waals surface area contributed by atoms with Crippen molar-refractivity contribution >= 4 is 42.1 Å². The summed E-state index contributed by atoms with van der Waals surface area (Å²) >= 11 is 1.51. The van der Waals surface area contributed by atoms with E-state index in [9.17, 15) is 4.79 Å². The molecule has 2 rings (SSSR count). The zero-order chi connectivity index (χ0) is 13.1. The highest BCUT2D eigenvalue weighted by atomic mass is 35.5. The van der Waals surface area contributed by atoms with Crippen LogP contribution in [0.3, 0.4) is 0 Å². The fourth-order valence-electron chi connectivity index (χ4n) is 2.50. The standard InChI is InChI=1S/C13H21N3OS.2ClH/c1-9-12(18-10(2)15-9)13(17)16-6-4-11(5-7-16)8-14-3;;/h11,14H,4-8H2,1-3H3;2*1H. The molecule has 0 spiro atoms. The van der Waals surface area contributed by atoms with Crippen LogP contribution in [0.15, 0.2) is 0 Å². The van der Waals surface area contributed by atoms with Crippen LogP contribution in [-0.4, -0.2) is 42.5 Å². The van der Waals surface area contributed by atoms with Crippen molar-refractivity contribution in [3.05, 3.63) is 15.6 Å². The second kappa shape index (κ2) is 8.82. The molecule has 1 aliphatic rings. The second-order valence-electron chi connectivity index (χ2n) is 4.94. The van der Waals surface area contributed by atoms with Crippen LogP contribution in [0.4, 0.5) is 0 Å². The average molecular weight is 340 g/mol. The highest BCUT2D eigenvalue weighted by Crippen LogP contribution is 2.23. The lowest BCUT2D eigenvalue weighted by Crippen LogP contribution is -2.40. The van der Waals surface area contributed by atoms with Gasteiger partial charge >= 0.3 is 0 Å². The van der Waals surface area contributed by atoms with Crippen LogP contribution in [0.25, 0.3) is 0 Å². The SMILES string of the molecule is CNCC1CCN(C(=O)c2sc(C)nc2C)CC1.Cl.Cl. The summed E-state index contributed by atoms with van der Waals surface area (Å²) in [6.45, 7) is 6.68. The minimum Gasteiger partial charge on any atom is -0.338 e. The lowest BCUT2D eigenvalue weighted by molar-refractivity contribution is 0.0695. The van der Waals surface area contributed by atoms with E-state index in [0.29, 0.717) is 5.92 Å². The summed E-state index contributed by atoms with van der Waals surface area (Å²) in [6.07, 6.45) is 2.20. The number of halogens is 2. The predicted molar refractivity (Wildman–Crippen MR) is 88.6 cm³/mol. The number of piperidine rings is 1. The van der Waals surface area contributed by atoms with Crippen molar-refractivity contribution in [2.45, 2.75) is 26.7 Å². The number of likely N-dealkylation sites (tertiary alicyclic amines) is 1. The van der Waals surface area contributed by atoms with Crippen LogP contribution in [0.5, 0.6) is 0 Å². The van der Waals surface area contributed by atoms with Crippen LogP contribution in [0.1, 0.15) is 33.2 Å². The average Bonchev–Trinajstić information content (AvgIpc) is 2.69. The number of hydrogen-bond acceptors (Lipinski definition) is 4. The summed E-state index contributed by atoms with van der Waals surface area (Å²) in [5, 5.41) is 4.19. The third-order valence-electron chi connectivity index (χ3n) is 3.49. The van der Waals surface area contributed by atoms with Crippen molar-refractivity contribution in [2.24, 2.45) is 5.92 Å². The Balaban J connectivity index is 0.00000180. The molecule has 0 aromatic carbocycles. The highest BCUT2D eigenvalue weighted by Gasteiger charge is 2.25. The first-order chi connectivity index (χ1) is 8.61. The van der Waals surface area contributed by atoms with Gasteiger partial charge in [0.15, 0.2) is 0 Å². The largest absolute Gasteiger partial charge is 0.338 e. The van der Waals surface area contributed by atoms with Crippen molar-refractivity contribution in [2.75, 3.05) is 26.7 Å². The van der Waals surface area contributed by atoms with Gasteiger partial charge in [-0.2, -0.15) is 0 Å². The number of rotatable bonds is 3. The first-order valence-corrected chi connectivity index (χ1v) is 7.31. The van der Waals surface area contributed by atoms with Gasteiger partial charge in [-0.3, -0.25) is 4.79 Å². The van der Waals surface area contributed by atoms with Crippen molar-refractivity contribution in [1.29, 1.82) is 0 Å². The summed E-state index contributed by atoms with van der Waals surface area (Å²) < 4.78 is 0. The van der Waals surface area contributed by atoms with Crippen molar-refractivity contribution in [3.8, 4) is 0 Å². The van der Waals surface area contributed by atoms with E-state index in [1.165, 1.54) is 11.3 Å². The van der Waals surface area contributed by atoms with E-state index < -0.39 is 0 Å². The van der Waals surface area contributed by atoms with Crippen molar-refractivity contribution in [1.82, 2.24) is 15.2 Å². The molecule has 1 amide bonds. The molecule has 1 aromatic rings. The van der Waals surface area contributed by atoms with Gasteiger partial charge in [0.05, 0.1) is 10.7 Å². The number of aromatic nitrogens is 1. The lowest BCUT2D eigenvalue weighted by Gasteiger charge is -2.31. The van der Waals surface area contributed by atoms with Gasteiger partial charge in [0.1, 0.15) is 4.88 Å². The summed E-state index contributed by atoms with van der Waals surface area (Å²) in [7, 11) is 1.99. The summed E-state index contributed by atoms with van der Waals surface area (Å²) in [5.41, 5.74) is 0.875. The molecule has 1 N–H and O–H groups in total. The van der Waals surface area contributed by atoms with Gasteiger partial charge in [0, 0.05) is 13.1 Å². The van der Waals surface area contributed by atoms with E-state index >= 15 is 0 Å². The number of hydrogen-bond donors (Lipinski definition) is 1. The zero-order valence-corrected chi connectivity index (χ0v) is 14.6. The quantitative estimate of drug-likeness (QED) is 0.920. The van der Waals surface area contributed by atoms with E-state index in [4.69, 9.17) is 0 Å². The van der Waals surface area contributed by atoms with Crippen molar-refractivity contribution in [3.63, 3.8) is 0 Å². The molecular formula is C13H23Cl2N3OS. The van der Waals surface area contributed by atoms with Crippen molar-refractivity contribution < 1.29 is 4.79 Å². The molecule has 1 aliphatic heterocycles. The molecular weight excluding hydrogens is 317 g/mol. The maximum absolute atomic E-state index is 12.4. The van der Waals surface area contributed by atoms with Gasteiger partial charge in [0.2, 0.25) is 0 Å². The first-order valence-electron chi connectivity index (χ1n) is 6.49. The van der Waals surface area contributed by atoms with Gasteiger partial charge in [-0.15, -0.1) is 36.2 Å². The number of amides is 1. The third kappa shape index (κ3) is 4.58. The van der Waals surface area contributed by atoms with Crippen LogP contribution in [-0.2, 0) is 0 Å². The van der Waals surface area contributed by atoms with Crippen LogP contribution in [0, 0.1) is 19.8 Å². The minimum absolute atomic E-state index is 0. The normalized spacial score (nSPS) is 15.4. The monoisotopic (exact) mass is 339 g/mol. The first kappa shape index (κ1) is 19.6. The maximum atomic E-state index is 12.4. The molecule has 116 valence electrons. The Morgan fingerprint density at radius 2 is 1.95 bits per heavy atom. The Morgan fingerprint density at radius 3 is 2.40 bits per heavy atom. The molecule has 20 heavy (non-hydrogen) atoms. The van der Waals surface area contributed by atoms with E-state index in [0.717, 1.165) is 48.1 Å². The molecule has 4 nitrogen and oxygen atoms in total. The number of nitrogens with one attached hydrogen (secondary N) is 1. The lowest BCUT2D eigenvalue weighted by atomic mass is 9.97. The van der Waals surface area contributed by atoms with Gasteiger partial charge in [-0.25, -0.2) is 4.98 Å². The van der Waals surface area contributed by atoms with Gasteiger partial charge in [0.25, 0.3) is 5.91 Å². The zero-order valence-electron chi connectivity index (χ0n) is 12.1.